The summed E-state index contributed by atoms with van der Waals surface area (Å²) in [5.41, 5.74) is 13.8. The van der Waals surface area contributed by atoms with Crippen LogP contribution in [0.3, 0.4) is 0 Å². The molecule has 0 aliphatic heterocycles. The Morgan fingerprint density at radius 1 is 0.475 bits per heavy atom. The summed E-state index contributed by atoms with van der Waals surface area (Å²) >= 11 is 0. The second-order valence-electron chi connectivity index (χ2n) is 10.6. The number of benzene rings is 6. The van der Waals surface area contributed by atoms with Gasteiger partial charge in [-0.1, -0.05) is 164 Å². The van der Waals surface area contributed by atoms with E-state index in [4.69, 9.17) is 0 Å². The van der Waals surface area contributed by atoms with Crippen molar-refractivity contribution in [1.82, 2.24) is 0 Å². The van der Waals surface area contributed by atoms with Gasteiger partial charge in [-0.2, -0.15) is 0 Å². The van der Waals surface area contributed by atoms with E-state index < -0.39 is 0 Å². The summed E-state index contributed by atoms with van der Waals surface area (Å²) in [5.74, 6) is 0. The van der Waals surface area contributed by atoms with E-state index in [0.717, 1.165) is 12.0 Å². The predicted octanol–water partition coefficient (Wildman–Crippen LogP) is 9.95. The minimum atomic E-state index is -0.389. The van der Waals surface area contributed by atoms with Crippen molar-refractivity contribution in [2.75, 3.05) is 0 Å². The molecule has 1 aliphatic carbocycles. The van der Waals surface area contributed by atoms with Crippen molar-refractivity contribution < 1.29 is 0 Å². The van der Waals surface area contributed by atoms with E-state index in [0.29, 0.717) is 0 Å². The lowest BCUT2D eigenvalue weighted by Gasteiger charge is -2.34. The summed E-state index contributed by atoms with van der Waals surface area (Å²) in [6.45, 7) is 3.98. The molecule has 7 rings (SSSR count). The van der Waals surface area contributed by atoms with E-state index >= 15 is 0 Å². The molecule has 6 aromatic carbocycles. The van der Waals surface area contributed by atoms with Crippen LogP contribution in [-0.2, 0) is 11.8 Å². The first-order valence-corrected chi connectivity index (χ1v) is 13.9. The SMILES string of the molecule is C=Cc1ccc(C2(c3ccccc3)c3ccccc3-c3ccc(Cc4ccc(-c5ccccc5)cc4)cc32)cc1. The molecule has 1 aliphatic rings. The first-order valence-electron chi connectivity index (χ1n) is 13.9. The van der Waals surface area contributed by atoms with E-state index in [1.807, 2.05) is 6.08 Å². The summed E-state index contributed by atoms with van der Waals surface area (Å²) in [5, 5.41) is 0. The lowest BCUT2D eigenvalue weighted by atomic mass is 9.67. The first-order chi connectivity index (χ1) is 19.8. The molecule has 0 heteroatoms. The van der Waals surface area contributed by atoms with E-state index in [2.05, 4.69) is 158 Å². The molecule has 0 amide bonds. The van der Waals surface area contributed by atoms with Crippen molar-refractivity contribution in [1.29, 1.82) is 0 Å². The molecule has 0 bridgehead atoms. The molecular formula is C40H30. The lowest BCUT2D eigenvalue weighted by Crippen LogP contribution is -2.28. The predicted molar refractivity (Wildman–Crippen MR) is 169 cm³/mol. The van der Waals surface area contributed by atoms with Crippen LogP contribution in [0.25, 0.3) is 28.3 Å². The molecule has 0 N–H and O–H groups in total. The molecule has 0 radical (unpaired) electrons. The molecule has 1 unspecified atom stereocenters. The van der Waals surface area contributed by atoms with Crippen molar-refractivity contribution in [3.05, 3.63) is 197 Å². The number of fused-ring (bicyclic) bond motifs is 3. The van der Waals surface area contributed by atoms with Crippen LogP contribution < -0.4 is 0 Å². The van der Waals surface area contributed by atoms with E-state index in [9.17, 15) is 0 Å². The van der Waals surface area contributed by atoms with Crippen LogP contribution in [0.4, 0.5) is 0 Å². The summed E-state index contributed by atoms with van der Waals surface area (Å²) in [6.07, 6.45) is 2.80. The maximum Gasteiger partial charge on any atom is 0.0713 e. The van der Waals surface area contributed by atoms with E-state index in [1.165, 1.54) is 55.6 Å². The van der Waals surface area contributed by atoms with Crippen molar-refractivity contribution in [3.63, 3.8) is 0 Å². The number of hydrogen-bond acceptors (Lipinski definition) is 0. The minimum absolute atomic E-state index is 0.389. The summed E-state index contributed by atoms with van der Waals surface area (Å²) in [6, 6.07) is 55.5. The molecule has 40 heavy (non-hydrogen) atoms. The van der Waals surface area contributed by atoms with Crippen LogP contribution in [-0.4, -0.2) is 0 Å². The van der Waals surface area contributed by atoms with Gasteiger partial charge >= 0.3 is 0 Å². The molecule has 0 aromatic heterocycles. The fourth-order valence-corrected chi connectivity index (χ4v) is 6.46. The summed E-state index contributed by atoms with van der Waals surface area (Å²) in [4.78, 5) is 0. The van der Waals surface area contributed by atoms with Gasteiger partial charge in [0, 0.05) is 0 Å². The molecular weight excluding hydrogens is 480 g/mol. The highest BCUT2D eigenvalue weighted by Gasteiger charge is 2.45. The zero-order chi connectivity index (χ0) is 26.9. The van der Waals surface area contributed by atoms with Crippen LogP contribution in [0.15, 0.2) is 158 Å². The topological polar surface area (TPSA) is 0 Å². The van der Waals surface area contributed by atoms with Gasteiger partial charge in [0.2, 0.25) is 0 Å². The van der Waals surface area contributed by atoms with Gasteiger partial charge in [-0.05, 0) is 67.6 Å². The zero-order valence-electron chi connectivity index (χ0n) is 22.4. The Bertz CT molecular complexity index is 1790. The average molecular weight is 511 g/mol. The Hall–Kier alpha value is -4.94. The standard InChI is InChI=1S/C40H30/c1-2-29-19-24-35(25-20-29)40(34-13-7-4-8-14-34)38-16-10-9-15-36(38)37-26-21-31(28-39(37)40)27-30-17-22-33(23-18-30)32-11-5-3-6-12-32/h2-26,28H,1,27H2. The van der Waals surface area contributed by atoms with Crippen LogP contribution in [0.1, 0.15) is 38.9 Å². The number of rotatable bonds is 6. The Kier molecular flexibility index (Phi) is 6.02. The molecule has 0 nitrogen and oxygen atoms in total. The first kappa shape index (κ1) is 24.1. The molecule has 1 atom stereocenters. The normalized spacial score (nSPS) is 15.3. The molecule has 6 aromatic rings. The maximum atomic E-state index is 3.98. The van der Waals surface area contributed by atoms with E-state index in [1.54, 1.807) is 0 Å². The summed E-state index contributed by atoms with van der Waals surface area (Å²) in [7, 11) is 0. The Labute approximate surface area is 236 Å². The molecule has 0 heterocycles. The largest absolute Gasteiger partial charge is 0.0985 e. The molecule has 190 valence electrons. The molecule has 0 saturated heterocycles. The van der Waals surface area contributed by atoms with Crippen LogP contribution >= 0.6 is 0 Å². The lowest BCUT2D eigenvalue weighted by molar-refractivity contribution is 0.767. The van der Waals surface area contributed by atoms with Crippen molar-refractivity contribution >= 4 is 6.08 Å². The second kappa shape index (κ2) is 9.98. The van der Waals surface area contributed by atoms with Gasteiger partial charge in [-0.15, -0.1) is 0 Å². The summed E-state index contributed by atoms with van der Waals surface area (Å²) < 4.78 is 0. The van der Waals surface area contributed by atoms with Crippen LogP contribution in [0.2, 0.25) is 0 Å². The van der Waals surface area contributed by atoms with Crippen LogP contribution in [0, 0.1) is 0 Å². The highest BCUT2D eigenvalue weighted by molar-refractivity contribution is 5.86. The molecule has 0 fully saturated rings. The van der Waals surface area contributed by atoms with Gasteiger partial charge in [0.25, 0.3) is 0 Å². The minimum Gasteiger partial charge on any atom is -0.0985 e. The third-order valence-electron chi connectivity index (χ3n) is 8.36. The van der Waals surface area contributed by atoms with Crippen LogP contribution in [0.5, 0.6) is 0 Å². The smallest absolute Gasteiger partial charge is 0.0713 e. The number of hydrogen-bond donors (Lipinski definition) is 0. The highest BCUT2D eigenvalue weighted by Crippen LogP contribution is 2.56. The van der Waals surface area contributed by atoms with Gasteiger partial charge in [-0.25, -0.2) is 0 Å². The van der Waals surface area contributed by atoms with Gasteiger partial charge in [0.1, 0.15) is 0 Å². The fraction of sp³-hybridized carbons (Fsp3) is 0.0500. The van der Waals surface area contributed by atoms with Gasteiger partial charge in [0.15, 0.2) is 0 Å². The maximum absolute atomic E-state index is 3.98. The average Bonchev–Trinajstić information content (AvgIpc) is 3.33. The monoisotopic (exact) mass is 510 g/mol. The molecule has 0 saturated carbocycles. The van der Waals surface area contributed by atoms with Gasteiger partial charge in [0.05, 0.1) is 5.41 Å². The highest BCUT2D eigenvalue weighted by atomic mass is 14.5. The third-order valence-corrected chi connectivity index (χ3v) is 8.36. The van der Waals surface area contributed by atoms with Crippen molar-refractivity contribution in [2.24, 2.45) is 0 Å². The second-order valence-corrected chi connectivity index (χ2v) is 10.6. The molecule has 0 spiro atoms. The Balaban J connectivity index is 1.37. The Morgan fingerprint density at radius 3 is 1.77 bits per heavy atom. The van der Waals surface area contributed by atoms with E-state index in [-0.39, 0.29) is 5.41 Å². The van der Waals surface area contributed by atoms with Gasteiger partial charge in [-0.3, -0.25) is 0 Å². The van der Waals surface area contributed by atoms with Crippen molar-refractivity contribution in [2.45, 2.75) is 11.8 Å². The van der Waals surface area contributed by atoms with Crippen molar-refractivity contribution in [3.8, 4) is 22.3 Å². The van der Waals surface area contributed by atoms with Gasteiger partial charge < -0.3 is 0 Å². The fourth-order valence-electron chi connectivity index (χ4n) is 6.46. The third kappa shape index (κ3) is 3.92. The zero-order valence-corrected chi connectivity index (χ0v) is 22.4. The Morgan fingerprint density at radius 2 is 1.05 bits per heavy atom. The quantitative estimate of drug-likeness (QED) is 0.209.